The molecule has 4 nitrogen and oxygen atoms in total. The van der Waals surface area contributed by atoms with Gasteiger partial charge in [-0.15, -0.1) is 0 Å². The van der Waals surface area contributed by atoms with E-state index in [0.717, 1.165) is 11.4 Å². The first-order valence-corrected chi connectivity index (χ1v) is 4.95. The number of aromatic nitrogens is 1. The SMILES string of the molecule is C/C(=N\NC(=S)N(C)C)c1ccccn1. The van der Waals surface area contributed by atoms with Crippen molar-refractivity contribution in [2.45, 2.75) is 6.92 Å². The van der Waals surface area contributed by atoms with Crippen LogP contribution in [0, 0.1) is 0 Å². The molecular formula is C10H14N4S. The summed E-state index contributed by atoms with van der Waals surface area (Å²) in [7, 11) is 3.72. The topological polar surface area (TPSA) is 40.5 Å². The monoisotopic (exact) mass is 222 g/mol. The maximum absolute atomic E-state index is 5.03. The molecule has 15 heavy (non-hydrogen) atoms. The molecule has 1 aromatic rings. The number of rotatable bonds is 2. The van der Waals surface area contributed by atoms with Gasteiger partial charge < -0.3 is 4.90 Å². The molecule has 5 heteroatoms. The fraction of sp³-hybridized carbons (Fsp3) is 0.300. The second-order valence-electron chi connectivity index (χ2n) is 3.22. The van der Waals surface area contributed by atoms with Gasteiger partial charge in [0.1, 0.15) is 0 Å². The van der Waals surface area contributed by atoms with Crippen molar-refractivity contribution in [3.05, 3.63) is 30.1 Å². The zero-order chi connectivity index (χ0) is 11.3. The molecule has 0 aromatic carbocycles. The van der Waals surface area contributed by atoms with Crippen LogP contribution in [0.5, 0.6) is 0 Å². The normalized spacial score (nSPS) is 11.0. The second kappa shape index (κ2) is 5.41. The summed E-state index contributed by atoms with van der Waals surface area (Å²) in [6, 6.07) is 5.69. The van der Waals surface area contributed by atoms with Crippen LogP contribution in [0.1, 0.15) is 12.6 Å². The van der Waals surface area contributed by atoms with E-state index in [4.69, 9.17) is 12.2 Å². The molecule has 1 aromatic heterocycles. The highest BCUT2D eigenvalue weighted by Gasteiger charge is 1.99. The van der Waals surface area contributed by atoms with Crippen molar-refractivity contribution in [2.24, 2.45) is 5.10 Å². The number of thiocarbonyl (C=S) groups is 1. The van der Waals surface area contributed by atoms with Crippen LogP contribution in [-0.2, 0) is 0 Å². The third kappa shape index (κ3) is 3.63. The maximum Gasteiger partial charge on any atom is 0.189 e. The van der Waals surface area contributed by atoms with E-state index in [-0.39, 0.29) is 0 Å². The zero-order valence-electron chi connectivity index (χ0n) is 9.06. The van der Waals surface area contributed by atoms with E-state index in [2.05, 4.69) is 15.5 Å². The van der Waals surface area contributed by atoms with Gasteiger partial charge in [0.15, 0.2) is 5.11 Å². The number of nitrogens with one attached hydrogen (secondary N) is 1. The fourth-order valence-electron chi connectivity index (χ4n) is 0.866. The molecule has 0 unspecified atom stereocenters. The molecule has 0 amide bonds. The Labute approximate surface area is 95.0 Å². The van der Waals surface area contributed by atoms with Crippen LogP contribution in [0.2, 0.25) is 0 Å². The lowest BCUT2D eigenvalue weighted by molar-refractivity contribution is 0.606. The predicted molar refractivity (Wildman–Crippen MR) is 65.9 cm³/mol. The van der Waals surface area contributed by atoms with Gasteiger partial charge in [-0.1, -0.05) is 6.07 Å². The van der Waals surface area contributed by atoms with Crippen LogP contribution in [0.25, 0.3) is 0 Å². The first-order valence-electron chi connectivity index (χ1n) is 4.54. The third-order valence-electron chi connectivity index (χ3n) is 1.76. The molecular weight excluding hydrogens is 208 g/mol. The highest BCUT2D eigenvalue weighted by molar-refractivity contribution is 7.80. The van der Waals surface area contributed by atoms with E-state index in [9.17, 15) is 0 Å². The summed E-state index contributed by atoms with van der Waals surface area (Å²) in [6.07, 6.45) is 1.73. The first-order chi connectivity index (χ1) is 7.11. The molecule has 80 valence electrons. The Bertz CT molecular complexity index is 359. The van der Waals surface area contributed by atoms with Crippen molar-refractivity contribution >= 4 is 23.0 Å². The average molecular weight is 222 g/mol. The van der Waals surface area contributed by atoms with Crippen molar-refractivity contribution in [3.63, 3.8) is 0 Å². The molecule has 0 aliphatic carbocycles. The van der Waals surface area contributed by atoms with Gasteiger partial charge in [0.25, 0.3) is 0 Å². The second-order valence-corrected chi connectivity index (χ2v) is 3.61. The van der Waals surface area contributed by atoms with Crippen molar-refractivity contribution in [1.29, 1.82) is 0 Å². The van der Waals surface area contributed by atoms with Crippen LogP contribution in [-0.4, -0.2) is 34.8 Å². The molecule has 0 spiro atoms. The standard InChI is InChI=1S/C10H14N4S/c1-8(9-6-4-5-7-11-9)12-13-10(15)14(2)3/h4-7H,1-3H3,(H,13,15)/b12-8+. The molecule has 0 radical (unpaired) electrons. The molecule has 0 aliphatic rings. The Hall–Kier alpha value is -1.49. The number of nitrogens with zero attached hydrogens (tertiary/aromatic N) is 3. The number of hydrazone groups is 1. The highest BCUT2D eigenvalue weighted by atomic mass is 32.1. The van der Waals surface area contributed by atoms with Crippen molar-refractivity contribution < 1.29 is 0 Å². The Morgan fingerprint density at radius 1 is 1.47 bits per heavy atom. The Morgan fingerprint density at radius 3 is 2.73 bits per heavy atom. The van der Waals surface area contributed by atoms with E-state index in [1.54, 1.807) is 11.1 Å². The molecule has 1 heterocycles. The van der Waals surface area contributed by atoms with Gasteiger partial charge in [-0.25, -0.2) is 0 Å². The summed E-state index contributed by atoms with van der Waals surface area (Å²) in [6.45, 7) is 1.88. The largest absolute Gasteiger partial charge is 0.354 e. The molecule has 1 rings (SSSR count). The van der Waals surface area contributed by atoms with Crippen molar-refractivity contribution in [1.82, 2.24) is 15.3 Å². The van der Waals surface area contributed by atoms with E-state index >= 15 is 0 Å². The summed E-state index contributed by atoms with van der Waals surface area (Å²) >= 11 is 5.03. The van der Waals surface area contributed by atoms with E-state index in [0.29, 0.717) is 5.11 Å². The van der Waals surface area contributed by atoms with Gasteiger partial charge >= 0.3 is 0 Å². The Kier molecular flexibility index (Phi) is 4.17. The summed E-state index contributed by atoms with van der Waals surface area (Å²) in [5.41, 5.74) is 4.43. The summed E-state index contributed by atoms with van der Waals surface area (Å²) in [5, 5.41) is 4.71. The summed E-state index contributed by atoms with van der Waals surface area (Å²) < 4.78 is 0. The van der Waals surface area contributed by atoms with Gasteiger partial charge in [-0.05, 0) is 31.3 Å². The van der Waals surface area contributed by atoms with Crippen LogP contribution in [0.4, 0.5) is 0 Å². The van der Waals surface area contributed by atoms with Gasteiger partial charge in [0, 0.05) is 20.3 Å². The number of pyridine rings is 1. The lowest BCUT2D eigenvalue weighted by Gasteiger charge is -2.12. The summed E-state index contributed by atoms with van der Waals surface area (Å²) in [4.78, 5) is 5.96. The quantitative estimate of drug-likeness (QED) is 0.464. The maximum atomic E-state index is 5.03. The van der Waals surface area contributed by atoms with Crippen LogP contribution in [0.3, 0.4) is 0 Å². The molecule has 0 fully saturated rings. The van der Waals surface area contributed by atoms with Gasteiger partial charge in [-0.2, -0.15) is 5.10 Å². The molecule has 1 N–H and O–H groups in total. The molecule has 0 bridgehead atoms. The van der Waals surface area contributed by atoms with Crippen molar-refractivity contribution in [3.8, 4) is 0 Å². The number of hydrogen-bond acceptors (Lipinski definition) is 3. The minimum Gasteiger partial charge on any atom is -0.354 e. The minimum absolute atomic E-state index is 0.574. The van der Waals surface area contributed by atoms with Gasteiger partial charge in [-0.3, -0.25) is 10.4 Å². The highest BCUT2D eigenvalue weighted by Crippen LogP contribution is 1.95. The first kappa shape index (κ1) is 11.6. The molecule has 0 saturated carbocycles. The lowest BCUT2D eigenvalue weighted by atomic mass is 10.3. The Morgan fingerprint density at radius 2 is 2.20 bits per heavy atom. The fourth-order valence-corrected chi connectivity index (χ4v) is 0.911. The molecule has 0 saturated heterocycles. The average Bonchev–Trinajstić information content (AvgIpc) is 2.26. The van der Waals surface area contributed by atoms with E-state index in [1.807, 2.05) is 39.2 Å². The van der Waals surface area contributed by atoms with Crippen LogP contribution in [0.15, 0.2) is 29.5 Å². The molecule has 0 aliphatic heterocycles. The summed E-state index contributed by atoms with van der Waals surface area (Å²) in [5.74, 6) is 0. The Balaban J connectivity index is 2.65. The minimum atomic E-state index is 0.574. The number of hydrogen-bond donors (Lipinski definition) is 1. The van der Waals surface area contributed by atoms with Gasteiger partial charge in [0.2, 0.25) is 0 Å². The van der Waals surface area contributed by atoms with E-state index < -0.39 is 0 Å². The smallest absolute Gasteiger partial charge is 0.189 e. The molecule has 0 atom stereocenters. The third-order valence-corrected chi connectivity index (χ3v) is 2.22. The van der Waals surface area contributed by atoms with Crippen molar-refractivity contribution in [2.75, 3.05) is 14.1 Å². The predicted octanol–water partition coefficient (Wildman–Crippen LogP) is 1.24. The van der Waals surface area contributed by atoms with Crippen LogP contribution < -0.4 is 5.43 Å². The van der Waals surface area contributed by atoms with E-state index in [1.165, 1.54) is 0 Å². The lowest BCUT2D eigenvalue weighted by Crippen LogP contribution is -2.31. The van der Waals surface area contributed by atoms with Gasteiger partial charge in [0.05, 0.1) is 11.4 Å². The zero-order valence-corrected chi connectivity index (χ0v) is 9.88. The van der Waals surface area contributed by atoms with Crippen LogP contribution >= 0.6 is 12.2 Å².